The Labute approximate surface area is 182 Å². The second-order valence-corrected chi connectivity index (χ2v) is 9.27. The molecule has 1 aromatic heterocycles. The van der Waals surface area contributed by atoms with E-state index in [1.54, 1.807) is 18.4 Å². The molecular formula is C25H30N2O2S. The molecule has 0 spiro atoms. The largest absolute Gasteiger partial charge is 0.497 e. The lowest BCUT2D eigenvalue weighted by molar-refractivity contribution is -0.132. The van der Waals surface area contributed by atoms with Crippen molar-refractivity contribution in [3.63, 3.8) is 0 Å². The summed E-state index contributed by atoms with van der Waals surface area (Å²) in [6.45, 7) is 1.80. The fourth-order valence-electron chi connectivity index (χ4n) is 4.22. The van der Waals surface area contributed by atoms with Crippen LogP contribution in [0.15, 0.2) is 48.5 Å². The van der Waals surface area contributed by atoms with Gasteiger partial charge in [0.15, 0.2) is 0 Å². The monoisotopic (exact) mass is 422 g/mol. The van der Waals surface area contributed by atoms with Crippen molar-refractivity contribution in [3.8, 4) is 5.75 Å². The van der Waals surface area contributed by atoms with Gasteiger partial charge in [0.05, 0.1) is 22.3 Å². The van der Waals surface area contributed by atoms with Gasteiger partial charge in [-0.3, -0.25) is 4.79 Å². The predicted molar refractivity (Wildman–Crippen MR) is 123 cm³/mol. The van der Waals surface area contributed by atoms with E-state index in [9.17, 15) is 4.79 Å². The van der Waals surface area contributed by atoms with Crippen molar-refractivity contribution in [2.24, 2.45) is 5.92 Å². The minimum Gasteiger partial charge on any atom is -0.497 e. The van der Waals surface area contributed by atoms with Crippen molar-refractivity contribution in [1.82, 2.24) is 9.88 Å². The number of carbonyl (C=O) groups excluding carboxylic acids is 1. The summed E-state index contributed by atoms with van der Waals surface area (Å²) in [5, 5.41) is 1.18. The van der Waals surface area contributed by atoms with Gasteiger partial charge in [-0.2, -0.15) is 0 Å². The number of likely N-dealkylation sites (tertiary alicyclic amines) is 1. The molecule has 4 rings (SSSR count). The third-order valence-electron chi connectivity index (χ3n) is 6.02. The maximum Gasteiger partial charge on any atom is 0.222 e. The van der Waals surface area contributed by atoms with E-state index in [2.05, 4.69) is 40.2 Å². The first-order chi connectivity index (χ1) is 14.7. The maximum absolute atomic E-state index is 12.6. The number of para-hydroxylation sites is 1. The number of rotatable bonds is 8. The minimum absolute atomic E-state index is 0.321. The zero-order valence-corrected chi connectivity index (χ0v) is 18.5. The molecule has 1 fully saturated rings. The summed E-state index contributed by atoms with van der Waals surface area (Å²) in [7, 11) is 1.70. The Morgan fingerprint density at radius 1 is 1.10 bits per heavy atom. The first-order valence-corrected chi connectivity index (χ1v) is 11.8. The van der Waals surface area contributed by atoms with Gasteiger partial charge >= 0.3 is 0 Å². The third kappa shape index (κ3) is 5.39. The van der Waals surface area contributed by atoms with Crippen LogP contribution in [0.5, 0.6) is 5.75 Å². The summed E-state index contributed by atoms with van der Waals surface area (Å²) in [5.41, 5.74) is 2.45. The summed E-state index contributed by atoms with van der Waals surface area (Å²) in [6, 6.07) is 16.7. The molecule has 4 nitrogen and oxygen atoms in total. The topological polar surface area (TPSA) is 42.4 Å². The Balaban J connectivity index is 1.15. The van der Waals surface area contributed by atoms with Crippen LogP contribution in [0.4, 0.5) is 0 Å². The highest BCUT2D eigenvalue weighted by Gasteiger charge is 2.22. The molecule has 0 radical (unpaired) electrons. The number of ether oxygens (including phenoxy) is 1. The number of unbranched alkanes of at least 4 members (excludes halogenated alkanes) is 1. The van der Waals surface area contributed by atoms with E-state index < -0.39 is 0 Å². The van der Waals surface area contributed by atoms with Gasteiger partial charge in [-0.15, -0.1) is 11.3 Å². The van der Waals surface area contributed by atoms with E-state index in [0.29, 0.717) is 18.2 Å². The van der Waals surface area contributed by atoms with Gasteiger partial charge in [-0.25, -0.2) is 4.98 Å². The molecule has 1 aliphatic heterocycles. The second-order valence-electron chi connectivity index (χ2n) is 8.16. The number of amides is 1. The molecular weight excluding hydrogens is 392 g/mol. The highest BCUT2D eigenvalue weighted by Crippen LogP contribution is 2.25. The van der Waals surface area contributed by atoms with Crippen LogP contribution in [0.3, 0.4) is 0 Å². The number of methoxy groups -OCH3 is 1. The molecule has 1 saturated heterocycles. The SMILES string of the molecule is COc1ccc(CC2CCN(C(=O)CCCCc3nc4ccccc4s3)CC2)cc1. The molecule has 0 saturated carbocycles. The van der Waals surface area contributed by atoms with Crippen LogP contribution in [0, 0.1) is 5.92 Å². The van der Waals surface area contributed by atoms with E-state index in [1.165, 1.54) is 15.3 Å². The van der Waals surface area contributed by atoms with Crippen LogP contribution < -0.4 is 4.74 Å². The van der Waals surface area contributed by atoms with Crippen molar-refractivity contribution in [2.45, 2.75) is 44.9 Å². The molecule has 0 bridgehead atoms. The summed E-state index contributed by atoms with van der Waals surface area (Å²) in [6.07, 6.45) is 6.89. The molecule has 0 unspecified atom stereocenters. The van der Waals surface area contributed by atoms with Crippen molar-refractivity contribution in [3.05, 3.63) is 59.1 Å². The Bertz CT molecular complexity index is 926. The van der Waals surface area contributed by atoms with Crippen molar-refractivity contribution >= 4 is 27.5 Å². The Morgan fingerprint density at radius 2 is 1.87 bits per heavy atom. The fraction of sp³-hybridized carbons (Fsp3) is 0.440. The molecule has 1 aliphatic rings. The number of aromatic nitrogens is 1. The van der Waals surface area contributed by atoms with Gasteiger partial charge in [0.1, 0.15) is 5.75 Å². The van der Waals surface area contributed by atoms with Crippen molar-refractivity contribution in [2.75, 3.05) is 20.2 Å². The second kappa shape index (κ2) is 10.1. The quantitative estimate of drug-likeness (QED) is 0.450. The number of benzene rings is 2. The minimum atomic E-state index is 0.321. The van der Waals surface area contributed by atoms with Gasteiger partial charge in [-0.05, 0) is 74.3 Å². The number of hydrogen-bond donors (Lipinski definition) is 0. The molecule has 2 aromatic carbocycles. The average Bonchev–Trinajstić information content (AvgIpc) is 3.20. The van der Waals surface area contributed by atoms with Crippen LogP contribution in [-0.2, 0) is 17.6 Å². The van der Waals surface area contributed by atoms with E-state index in [1.807, 2.05) is 18.2 Å². The highest BCUT2D eigenvalue weighted by atomic mass is 32.1. The molecule has 3 aromatic rings. The summed E-state index contributed by atoms with van der Waals surface area (Å²) >= 11 is 1.77. The summed E-state index contributed by atoms with van der Waals surface area (Å²) in [4.78, 5) is 19.3. The summed E-state index contributed by atoms with van der Waals surface area (Å²) < 4.78 is 6.48. The van der Waals surface area contributed by atoms with Gasteiger partial charge in [0, 0.05) is 19.5 Å². The van der Waals surface area contributed by atoms with Crippen molar-refractivity contribution in [1.29, 1.82) is 0 Å². The van der Waals surface area contributed by atoms with Gasteiger partial charge in [-0.1, -0.05) is 24.3 Å². The number of aryl methyl sites for hydroxylation is 1. The Kier molecular flexibility index (Phi) is 7.00. The van der Waals surface area contributed by atoms with E-state index in [-0.39, 0.29) is 0 Å². The fourth-order valence-corrected chi connectivity index (χ4v) is 5.23. The lowest BCUT2D eigenvalue weighted by atomic mass is 9.90. The molecule has 0 atom stereocenters. The zero-order valence-electron chi connectivity index (χ0n) is 17.7. The smallest absolute Gasteiger partial charge is 0.222 e. The number of carbonyl (C=O) groups is 1. The van der Waals surface area contributed by atoms with E-state index in [4.69, 9.17) is 4.74 Å². The Hall–Kier alpha value is -2.40. The zero-order chi connectivity index (χ0) is 20.8. The average molecular weight is 423 g/mol. The molecule has 5 heteroatoms. The van der Waals surface area contributed by atoms with Crippen LogP contribution in [0.1, 0.15) is 42.7 Å². The number of piperidine rings is 1. The third-order valence-corrected chi connectivity index (χ3v) is 7.12. The standard InChI is InChI=1S/C25H30N2O2S/c1-29-21-12-10-19(11-13-21)18-20-14-16-27(17-15-20)25(28)9-5-4-8-24-26-22-6-2-3-7-23(22)30-24/h2-3,6-7,10-13,20H,4-5,8-9,14-18H2,1H3. The lowest BCUT2D eigenvalue weighted by Crippen LogP contribution is -2.38. The first kappa shape index (κ1) is 20.9. The Morgan fingerprint density at radius 3 is 2.60 bits per heavy atom. The van der Waals surface area contributed by atoms with E-state index in [0.717, 1.165) is 62.9 Å². The predicted octanol–water partition coefficient (Wildman–Crippen LogP) is 5.50. The molecule has 30 heavy (non-hydrogen) atoms. The van der Waals surface area contributed by atoms with Crippen molar-refractivity contribution < 1.29 is 9.53 Å². The molecule has 1 amide bonds. The number of hydrogen-bond acceptors (Lipinski definition) is 4. The number of thiazole rings is 1. The van der Waals surface area contributed by atoms with E-state index >= 15 is 0 Å². The molecule has 0 N–H and O–H groups in total. The van der Waals surface area contributed by atoms with Gasteiger partial charge in [0.25, 0.3) is 0 Å². The van der Waals surface area contributed by atoms with Gasteiger partial charge in [0.2, 0.25) is 5.91 Å². The van der Waals surface area contributed by atoms with Crippen LogP contribution in [0.2, 0.25) is 0 Å². The molecule has 158 valence electrons. The molecule has 2 heterocycles. The van der Waals surface area contributed by atoms with Crippen LogP contribution in [0.25, 0.3) is 10.2 Å². The lowest BCUT2D eigenvalue weighted by Gasteiger charge is -2.32. The van der Waals surface area contributed by atoms with Gasteiger partial charge < -0.3 is 9.64 Å². The number of fused-ring (bicyclic) bond motifs is 1. The summed E-state index contributed by atoms with van der Waals surface area (Å²) in [5.74, 6) is 1.89. The van der Waals surface area contributed by atoms with Crippen LogP contribution in [-0.4, -0.2) is 36.0 Å². The molecule has 0 aliphatic carbocycles. The maximum atomic E-state index is 12.6. The van der Waals surface area contributed by atoms with Crippen LogP contribution >= 0.6 is 11.3 Å². The normalized spacial score (nSPS) is 14.9. The number of nitrogens with zero attached hydrogens (tertiary/aromatic N) is 2. The highest BCUT2D eigenvalue weighted by molar-refractivity contribution is 7.18. The first-order valence-electron chi connectivity index (χ1n) is 11.0.